The fourth-order valence-corrected chi connectivity index (χ4v) is 5.89. The monoisotopic (exact) mass is 401 g/mol. The maximum Gasteiger partial charge on any atom is 0.301 e. The highest BCUT2D eigenvalue weighted by atomic mass is 32.2. The predicted octanol–water partition coefficient (Wildman–Crippen LogP) is 2.01. The van der Waals surface area contributed by atoms with Gasteiger partial charge in [-0.05, 0) is 61.3 Å². The Morgan fingerprint density at radius 2 is 1.69 bits per heavy atom. The summed E-state index contributed by atoms with van der Waals surface area (Å²) in [5, 5.41) is 0. The molecule has 146 valence electrons. The molecule has 7 nitrogen and oxygen atoms in total. The Balaban J connectivity index is 1.62. The van der Waals surface area contributed by atoms with E-state index >= 15 is 0 Å². The molecule has 2 N–H and O–H groups in total. The van der Waals surface area contributed by atoms with E-state index in [4.69, 9.17) is 0 Å². The first-order chi connectivity index (χ1) is 12.2. The Morgan fingerprint density at radius 1 is 1.00 bits per heavy atom. The molecule has 9 heteroatoms. The first-order valence-corrected chi connectivity index (χ1v) is 11.9. The van der Waals surface area contributed by atoms with Gasteiger partial charge in [0.25, 0.3) is 0 Å². The van der Waals surface area contributed by atoms with Gasteiger partial charge in [-0.15, -0.1) is 0 Å². The molecule has 0 unspecified atom stereocenters. The Morgan fingerprint density at radius 3 is 2.35 bits per heavy atom. The lowest BCUT2D eigenvalue weighted by Crippen LogP contribution is -2.31. The lowest BCUT2D eigenvalue weighted by Gasteiger charge is -2.19. The topological polar surface area (TPSA) is 95.6 Å². The first kappa shape index (κ1) is 19.6. The highest BCUT2D eigenvalue weighted by molar-refractivity contribution is 7.90. The lowest BCUT2D eigenvalue weighted by molar-refractivity contribution is 0.352. The highest BCUT2D eigenvalue weighted by Gasteiger charge is 2.39. The second-order valence-corrected chi connectivity index (χ2v) is 11.1. The number of rotatable bonds is 7. The maximum atomic E-state index is 12.5. The first-order valence-electron chi connectivity index (χ1n) is 8.99. The van der Waals surface area contributed by atoms with Crippen molar-refractivity contribution in [1.29, 1.82) is 0 Å². The van der Waals surface area contributed by atoms with Crippen molar-refractivity contribution in [3.05, 3.63) is 24.3 Å². The van der Waals surface area contributed by atoms with Crippen LogP contribution in [0.25, 0.3) is 0 Å². The minimum Gasteiger partial charge on any atom is -0.271 e. The van der Waals surface area contributed by atoms with E-state index in [1.54, 1.807) is 0 Å². The molecule has 1 aromatic carbocycles. The number of nitrogens with zero attached hydrogens (tertiary/aromatic N) is 1. The predicted molar refractivity (Wildman–Crippen MR) is 101 cm³/mol. The van der Waals surface area contributed by atoms with Crippen LogP contribution in [0, 0.1) is 17.8 Å². The molecule has 2 aliphatic rings. The maximum absolute atomic E-state index is 12.5. The number of hydrogen-bond acceptors (Lipinski definition) is 4. The molecular formula is C17H27N3O4S2. The van der Waals surface area contributed by atoms with Gasteiger partial charge in [-0.1, -0.05) is 12.8 Å². The summed E-state index contributed by atoms with van der Waals surface area (Å²) in [4.78, 5) is 0.145. The van der Waals surface area contributed by atoms with Crippen LogP contribution in [0.15, 0.2) is 29.2 Å². The molecule has 26 heavy (non-hydrogen) atoms. The molecule has 0 bridgehead atoms. The van der Waals surface area contributed by atoms with Crippen molar-refractivity contribution in [2.75, 3.05) is 25.4 Å². The second kappa shape index (κ2) is 7.46. The Hall–Kier alpha value is -1.16. The molecular weight excluding hydrogens is 374 g/mol. The van der Waals surface area contributed by atoms with E-state index < -0.39 is 20.2 Å². The highest BCUT2D eigenvalue weighted by Crippen LogP contribution is 2.47. The molecule has 2 aliphatic carbocycles. The van der Waals surface area contributed by atoms with E-state index in [9.17, 15) is 16.8 Å². The fraction of sp³-hybridized carbons (Fsp3) is 0.647. The molecule has 0 amide bonds. The van der Waals surface area contributed by atoms with Crippen LogP contribution in [0.3, 0.4) is 0 Å². The number of nitrogens with one attached hydrogen (secondary N) is 2. The molecule has 0 radical (unpaired) electrons. The third kappa shape index (κ3) is 4.21. The van der Waals surface area contributed by atoms with Crippen molar-refractivity contribution in [2.45, 2.75) is 37.0 Å². The van der Waals surface area contributed by atoms with Crippen molar-refractivity contribution in [3.63, 3.8) is 0 Å². The van der Waals surface area contributed by atoms with E-state index in [0.29, 0.717) is 24.1 Å². The molecule has 0 spiro atoms. The van der Waals surface area contributed by atoms with Crippen molar-refractivity contribution in [1.82, 2.24) is 9.03 Å². The molecule has 3 atom stereocenters. The van der Waals surface area contributed by atoms with Gasteiger partial charge in [-0.25, -0.2) is 13.1 Å². The van der Waals surface area contributed by atoms with Crippen molar-refractivity contribution in [3.8, 4) is 0 Å². The molecule has 2 saturated carbocycles. The summed E-state index contributed by atoms with van der Waals surface area (Å²) in [6, 6.07) is 5.75. The zero-order valence-corrected chi connectivity index (χ0v) is 16.8. The third-order valence-corrected chi connectivity index (χ3v) is 8.55. The smallest absolute Gasteiger partial charge is 0.271 e. The van der Waals surface area contributed by atoms with Crippen molar-refractivity contribution in [2.24, 2.45) is 17.8 Å². The average Bonchev–Trinajstić information content (AvgIpc) is 3.17. The molecule has 0 aromatic heterocycles. The van der Waals surface area contributed by atoms with Crippen LogP contribution in [0.2, 0.25) is 0 Å². The Labute approximate surface area is 156 Å². The van der Waals surface area contributed by atoms with Gasteiger partial charge in [0, 0.05) is 26.3 Å². The number of sulfonamides is 1. The van der Waals surface area contributed by atoms with Crippen LogP contribution in [-0.4, -0.2) is 41.8 Å². The molecule has 1 aromatic rings. The fourth-order valence-electron chi connectivity index (χ4n) is 4.18. The summed E-state index contributed by atoms with van der Waals surface area (Å²) < 4.78 is 54.8. The van der Waals surface area contributed by atoms with Gasteiger partial charge in [-0.2, -0.15) is 12.7 Å². The number of hydrogen-bond donors (Lipinski definition) is 2. The Kier molecular flexibility index (Phi) is 5.62. The number of anilines is 1. The Bertz CT molecular complexity index is 835. The third-order valence-electron chi connectivity index (χ3n) is 5.66. The lowest BCUT2D eigenvalue weighted by atomic mass is 9.92. The largest absolute Gasteiger partial charge is 0.301 e. The summed E-state index contributed by atoms with van der Waals surface area (Å²) in [5.74, 6) is 1.89. The van der Waals surface area contributed by atoms with E-state index in [1.807, 2.05) is 0 Å². The van der Waals surface area contributed by atoms with E-state index in [-0.39, 0.29) is 4.90 Å². The number of benzene rings is 1. The molecule has 3 rings (SSSR count). The van der Waals surface area contributed by atoms with Gasteiger partial charge in [0.15, 0.2) is 0 Å². The standard InChI is InChI=1S/C17H27N3O4S2/c1-20(2)26(23,24)19-15-8-10-16(11-9-15)25(21,22)18-12-14-7-6-13-4-3-5-17(13)14/h8-11,13-14,17-19H,3-7,12H2,1-2H3/t13-,14+,17-/m0/s1. The van der Waals surface area contributed by atoms with Gasteiger partial charge < -0.3 is 0 Å². The van der Waals surface area contributed by atoms with Crippen LogP contribution in [0.1, 0.15) is 32.1 Å². The van der Waals surface area contributed by atoms with Crippen LogP contribution < -0.4 is 9.44 Å². The summed E-state index contributed by atoms with van der Waals surface area (Å²) in [6.45, 7) is 0.485. The van der Waals surface area contributed by atoms with E-state index in [2.05, 4.69) is 9.44 Å². The van der Waals surface area contributed by atoms with Crippen LogP contribution in [0.4, 0.5) is 5.69 Å². The van der Waals surface area contributed by atoms with Crippen molar-refractivity contribution < 1.29 is 16.8 Å². The van der Waals surface area contributed by atoms with E-state index in [1.165, 1.54) is 64.0 Å². The zero-order chi connectivity index (χ0) is 18.9. The summed E-state index contributed by atoms with van der Waals surface area (Å²) in [7, 11) is -4.36. The second-order valence-electron chi connectivity index (χ2n) is 7.46. The number of fused-ring (bicyclic) bond motifs is 1. The zero-order valence-electron chi connectivity index (χ0n) is 15.2. The van der Waals surface area contributed by atoms with Gasteiger partial charge in [0.05, 0.1) is 4.90 Å². The molecule has 0 saturated heterocycles. The van der Waals surface area contributed by atoms with Gasteiger partial charge in [0.2, 0.25) is 10.0 Å². The van der Waals surface area contributed by atoms with Gasteiger partial charge in [-0.3, -0.25) is 4.72 Å². The minimum absolute atomic E-state index is 0.145. The SMILES string of the molecule is CN(C)S(=O)(=O)Nc1ccc(S(=O)(=O)NC[C@H]2CC[C@@H]3CCC[C@@H]32)cc1. The van der Waals surface area contributed by atoms with Crippen LogP contribution in [-0.2, 0) is 20.2 Å². The quantitative estimate of drug-likeness (QED) is 0.730. The summed E-state index contributed by atoms with van der Waals surface area (Å²) in [6.07, 6.45) is 6.10. The van der Waals surface area contributed by atoms with Gasteiger partial charge >= 0.3 is 10.2 Å². The average molecular weight is 402 g/mol. The minimum atomic E-state index is -3.61. The summed E-state index contributed by atoms with van der Waals surface area (Å²) in [5.41, 5.74) is 0.322. The normalized spacial score (nSPS) is 26.2. The van der Waals surface area contributed by atoms with Crippen LogP contribution in [0.5, 0.6) is 0 Å². The molecule has 0 heterocycles. The van der Waals surface area contributed by atoms with Crippen LogP contribution >= 0.6 is 0 Å². The molecule has 0 aliphatic heterocycles. The van der Waals surface area contributed by atoms with Gasteiger partial charge in [0.1, 0.15) is 0 Å². The van der Waals surface area contributed by atoms with E-state index in [0.717, 1.165) is 16.6 Å². The summed E-state index contributed by atoms with van der Waals surface area (Å²) >= 11 is 0. The molecule has 2 fully saturated rings. The van der Waals surface area contributed by atoms with Crippen molar-refractivity contribution >= 4 is 25.9 Å².